The van der Waals surface area contributed by atoms with Crippen molar-refractivity contribution < 1.29 is 9.90 Å². The molecule has 0 aliphatic carbocycles. The fraction of sp³-hybridized carbons (Fsp3) is 0.304. The minimum Gasteiger partial charge on any atom is -0.481 e. The van der Waals surface area contributed by atoms with E-state index in [1.54, 1.807) is 0 Å². The molecule has 0 aliphatic heterocycles. The average Bonchev–Trinajstić information content (AvgIpc) is 2.65. The Hall–Kier alpha value is -2.68. The van der Waals surface area contributed by atoms with Crippen LogP contribution in [0.1, 0.15) is 48.8 Å². The van der Waals surface area contributed by atoms with Gasteiger partial charge in [-0.15, -0.1) is 0 Å². The molecule has 1 N–H and O–H groups in total. The lowest BCUT2D eigenvalue weighted by Gasteiger charge is -2.06. The maximum absolute atomic E-state index is 10.5. The molecule has 0 unspecified atom stereocenters. The molecule has 0 aliphatic rings. The van der Waals surface area contributed by atoms with Crippen LogP contribution in [0.4, 0.5) is 0 Å². The molecule has 26 heavy (non-hydrogen) atoms. The number of carbonyl (C=O) groups is 1. The summed E-state index contributed by atoms with van der Waals surface area (Å²) in [6.07, 6.45) is 8.21. The van der Waals surface area contributed by atoms with Crippen LogP contribution >= 0.6 is 0 Å². The summed E-state index contributed by atoms with van der Waals surface area (Å²) in [5.41, 5.74) is 4.92. The van der Waals surface area contributed by atoms with Crippen molar-refractivity contribution in [2.45, 2.75) is 44.9 Å². The van der Waals surface area contributed by atoms with Crippen molar-refractivity contribution in [3.8, 4) is 0 Å². The van der Waals surface area contributed by atoms with Gasteiger partial charge in [0.05, 0.1) is 5.52 Å². The number of aliphatic carboxylic acids is 1. The Balaban J connectivity index is 1.48. The van der Waals surface area contributed by atoms with Gasteiger partial charge in [0, 0.05) is 18.0 Å². The van der Waals surface area contributed by atoms with Crippen LogP contribution in [0, 0.1) is 0 Å². The lowest BCUT2D eigenvalue weighted by Crippen LogP contribution is -1.94. The van der Waals surface area contributed by atoms with Gasteiger partial charge in [-0.2, -0.15) is 0 Å². The van der Waals surface area contributed by atoms with Gasteiger partial charge in [0.2, 0.25) is 0 Å². The molecule has 0 amide bonds. The zero-order valence-corrected chi connectivity index (χ0v) is 15.0. The Labute approximate surface area is 154 Å². The highest BCUT2D eigenvalue weighted by Crippen LogP contribution is 2.17. The molecule has 134 valence electrons. The first kappa shape index (κ1) is 18.1. The van der Waals surface area contributed by atoms with Gasteiger partial charge in [0.1, 0.15) is 0 Å². The van der Waals surface area contributed by atoms with E-state index in [2.05, 4.69) is 41.4 Å². The molecule has 2 aromatic carbocycles. The highest BCUT2D eigenvalue weighted by molar-refractivity contribution is 5.78. The number of para-hydroxylation sites is 1. The van der Waals surface area contributed by atoms with Gasteiger partial charge in [-0.1, -0.05) is 55.3 Å². The van der Waals surface area contributed by atoms with Crippen LogP contribution in [0.25, 0.3) is 10.9 Å². The first-order valence-corrected chi connectivity index (χ1v) is 9.34. The van der Waals surface area contributed by atoms with Crippen molar-refractivity contribution in [1.29, 1.82) is 0 Å². The van der Waals surface area contributed by atoms with Crippen molar-refractivity contribution in [3.05, 3.63) is 77.5 Å². The minimum absolute atomic E-state index is 0.290. The molecule has 0 spiro atoms. The van der Waals surface area contributed by atoms with Crippen molar-refractivity contribution in [2.75, 3.05) is 0 Å². The fourth-order valence-corrected chi connectivity index (χ4v) is 3.23. The van der Waals surface area contributed by atoms with Crippen molar-refractivity contribution in [2.24, 2.45) is 0 Å². The van der Waals surface area contributed by atoms with Crippen molar-refractivity contribution in [3.63, 3.8) is 0 Å². The number of fused-ring (bicyclic) bond motifs is 1. The predicted molar refractivity (Wildman–Crippen MR) is 105 cm³/mol. The topological polar surface area (TPSA) is 50.2 Å². The van der Waals surface area contributed by atoms with Crippen molar-refractivity contribution >= 4 is 16.9 Å². The number of hydrogen-bond acceptors (Lipinski definition) is 2. The zero-order chi connectivity index (χ0) is 18.2. The maximum atomic E-state index is 10.5. The first-order chi connectivity index (χ1) is 12.7. The summed E-state index contributed by atoms with van der Waals surface area (Å²) in [5.74, 6) is -0.692. The van der Waals surface area contributed by atoms with Gasteiger partial charge in [-0.25, -0.2) is 0 Å². The molecule has 0 atom stereocenters. The molecule has 1 aromatic heterocycles. The van der Waals surface area contributed by atoms with Gasteiger partial charge >= 0.3 is 5.97 Å². The number of rotatable bonds is 9. The quantitative estimate of drug-likeness (QED) is 0.527. The van der Waals surface area contributed by atoms with Crippen LogP contribution in [-0.4, -0.2) is 16.1 Å². The Bertz CT molecular complexity index is 855. The summed E-state index contributed by atoms with van der Waals surface area (Å²) >= 11 is 0. The second kappa shape index (κ2) is 9.14. The third-order valence-corrected chi connectivity index (χ3v) is 4.68. The molecular weight excluding hydrogens is 322 g/mol. The van der Waals surface area contributed by atoms with Crippen LogP contribution < -0.4 is 0 Å². The SMILES string of the molecule is O=C(O)CCCCCCc1ccc(Cc2cnc3ccccc3c2)cc1. The highest BCUT2D eigenvalue weighted by Gasteiger charge is 2.01. The first-order valence-electron chi connectivity index (χ1n) is 9.34. The van der Waals surface area contributed by atoms with E-state index in [-0.39, 0.29) is 0 Å². The number of pyridine rings is 1. The third kappa shape index (κ3) is 5.41. The lowest BCUT2D eigenvalue weighted by molar-refractivity contribution is -0.137. The van der Waals surface area contributed by atoms with E-state index in [9.17, 15) is 4.79 Å². The van der Waals surface area contributed by atoms with Gasteiger partial charge in [-0.3, -0.25) is 9.78 Å². The molecule has 0 bridgehead atoms. The molecule has 3 heteroatoms. The fourth-order valence-electron chi connectivity index (χ4n) is 3.23. The van der Waals surface area contributed by atoms with E-state index < -0.39 is 5.97 Å². The molecule has 0 radical (unpaired) electrons. The number of hydrogen-bond donors (Lipinski definition) is 1. The number of benzene rings is 2. The summed E-state index contributed by atoms with van der Waals surface area (Å²) in [6.45, 7) is 0. The maximum Gasteiger partial charge on any atom is 0.303 e. The van der Waals surface area contributed by atoms with Crippen LogP contribution in [0.3, 0.4) is 0 Å². The molecule has 0 saturated carbocycles. The van der Waals surface area contributed by atoms with E-state index in [1.807, 2.05) is 24.4 Å². The normalized spacial score (nSPS) is 10.9. The summed E-state index contributed by atoms with van der Waals surface area (Å²) < 4.78 is 0. The molecule has 3 rings (SSSR count). The number of carboxylic acid groups (broad SMARTS) is 1. The number of aromatic nitrogens is 1. The number of carboxylic acids is 1. The summed E-state index contributed by atoms with van der Waals surface area (Å²) in [6, 6.07) is 19.2. The second-order valence-electron chi connectivity index (χ2n) is 6.84. The Morgan fingerprint density at radius 3 is 2.38 bits per heavy atom. The van der Waals surface area contributed by atoms with Gasteiger partial charge in [0.25, 0.3) is 0 Å². The molecular formula is C23H25NO2. The summed E-state index contributed by atoms with van der Waals surface area (Å²) in [7, 11) is 0. The second-order valence-corrected chi connectivity index (χ2v) is 6.84. The minimum atomic E-state index is -0.692. The smallest absolute Gasteiger partial charge is 0.303 e. The van der Waals surface area contributed by atoms with Gasteiger partial charge in [-0.05, 0) is 54.5 Å². The van der Waals surface area contributed by atoms with E-state index in [0.717, 1.165) is 44.0 Å². The Morgan fingerprint density at radius 1 is 0.846 bits per heavy atom. The van der Waals surface area contributed by atoms with Crippen LogP contribution in [0.2, 0.25) is 0 Å². The van der Waals surface area contributed by atoms with E-state index in [4.69, 9.17) is 5.11 Å². The Morgan fingerprint density at radius 2 is 1.58 bits per heavy atom. The van der Waals surface area contributed by atoms with E-state index in [0.29, 0.717) is 6.42 Å². The Kier molecular flexibility index (Phi) is 6.37. The van der Waals surface area contributed by atoms with E-state index >= 15 is 0 Å². The molecule has 1 heterocycles. The van der Waals surface area contributed by atoms with Gasteiger partial charge in [0.15, 0.2) is 0 Å². The zero-order valence-electron chi connectivity index (χ0n) is 15.0. The standard InChI is InChI=1S/C23H25NO2/c25-23(26)10-4-2-1-3-7-18-11-13-19(14-12-18)15-20-16-21-8-5-6-9-22(21)24-17-20/h5-6,8-9,11-14,16-17H,1-4,7,10,15H2,(H,25,26). The molecule has 0 fully saturated rings. The van der Waals surface area contributed by atoms with Crippen molar-refractivity contribution in [1.82, 2.24) is 4.98 Å². The average molecular weight is 347 g/mol. The molecule has 3 aromatic rings. The number of aryl methyl sites for hydroxylation is 1. The van der Waals surface area contributed by atoms with Gasteiger partial charge < -0.3 is 5.11 Å². The highest BCUT2D eigenvalue weighted by atomic mass is 16.4. The monoisotopic (exact) mass is 347 g/mol. The van der Waals surface area contributed by atoms with Crippen LogP contribution in [-0.2, 0) is 17.6 Å². The third-order valence-electron chi connectivity index (χ3n) is 4.68. The number of nitrogens with zero attached hydrogens (tertiary/aromatic N) is 1. The predicted octanol–water partition coefficient (Wildman–Crippen LogP) is 5.40. The van der Waals surface area contributed by atoms with Crippen LogP contribution in [0.15, 0.2) is 60.8 Å². The summed E-state index contributed by atoms with van der Waals surface area (Å²) in [5, 5.41) is 9.81. The van der Waals surface area contributed by atoms with Crippen LogP contribution in [0.5, 0.6) is 0 Å². The molecule has 3 nitrogen and oxygen atoms in total. The molecule has 0 saturated heterocycles. The summed E-state index contributed by atoms with van der Waals surface area (Å²) in [4.78, 5) is 15.0. The largest absolute Gasteiger partial charge is 0.481 e. The lowest BCUT2D eigenvalue weighted by atomic mass is 10.0. The van der Waals surface area contributed by atoms with E-state index in [1.165, 1.54) is 22.1 Å². The number of unbranched alkanes of at least 4 members (excludes halogenated alkanes) is 3.